The van der Waals surface area contributed by atoms with Crippen LogP contribution in [-0.4, -0.2) is 52.8 Å². The molecule has 1 aliphatic rings. The number of aliphatic hydroxyl groups is 1. The van der Waals surface area contributed by atoms with Gasteiger partial charge in [0, 0.05) is 35.8 Å². The molecule has 0 radical (unpaired) electrons. The van der Waals surface area contributed by atoms with Crippen molar-refractivity contribution in [2.24, 2.45) is 5.41 Å². The Kier molecular flexibility index (Phi) is 8.10. The van der Waals surface area contributed by atoms with Crippen molar-refractivity contribution < 1.29 is 24.1 Å². The number of pyridine rings is 1. The van der Waals surface area contributed by atoms with Gasteiger partial charge in [0.1, 0.15) is 11.6 Å². The Balaban J connectivity index is 1.41. The van der Waals surface area contributed by atoms with Gasteiger partial charge in [-0.3, -0.25) is 14.7 Å². The van der Waals surface area contributed by atoms with E-state index < -0.39 is 17.5 Å². The first-order valence-electron chi connectivity index (χ1n) is 11.8. The second-order valence-electron chi connectivity index (χ2n) is 9.13. The number of hydrogen-bond acceptors (Lipinski definition) is 5. The predicted molar refractivity (Wildman–Crippen MR) is 137 cm³/mol. The highest BCUT2D eigenvalue weighted by atomic mass is 35.5. The van der Waals surface area contributed by atoms with Crippen LogP contribution in [0.2, 0.25) is 5.02 Å². The first-order valence-corrected chi connectivity index (χ1v) is 12.2. The fourth-order valence-electron chi connectivity index (χ4n) is 4.69. The number of aliphatic hydroxyl groups excluding tert-OH is 1. The Hall–Kier alpha value is -3.18. The Labute approximate surface area is 214 Å². The highest BCUT2D eigenvalue weighted by Gasteiger charge is 2.41. The van der Waals surface area contributed by atoms with E-state index in [1.165, 1.54) is 18.3 Å². The van der Waals surface area contributed by atoms with E-state index in [-0.39, 0.29) is 12.2 Å². The second-order valence-corrected chi connectivity index (χ2v) is 9.53. The van der Waals surface area contributed by atoms with E-state index in [4.69, 9.17) is 16.3 Å². The predicted octanol–water partition coefficient (Wildman–Crippen LogP) is 5.07. The molecule has 1 aromatic heterocycles. The topological polar surface area (TPSA) is 82.9 Å². The van der Waals surface area contributed by atoms with Gasteiger partial charge in [0.25, 0.3) is 0 Å². The van der Waals surface area contributed by atoms with Gasteiger partial charge >= 0.3 is 5.97 Å². The average molecular weight is 511 g/mol. The number of carboxylic acid groups (broad SMARTS) is 1. The highest BCUT2D eigenvalue weighted by Crippen LogP contribution is 2.41. The number of methoxy groups -OCH3 is 1. The molecule has 2 heterocycles. The van der Waals surface area contributed by atoms with E-state index in [1.54, 1.807) is 37.4 Å². The largest absolute Gasteiger partial charge is 0.497 e. The van der Waals surface area contributed by atoms with Gasteiger partial charge in [0.05, 0.1) is 35.7 Å². The van der Waals surface area contributed by atoms with Crippen LogP contribution in [0, 0.1) is 23.1 Å². The van der Waals surface area contributed by atoms with Crippen LogP contribution in [0.25, 0.3) is 10.9 Å². The van der Waals surface area contributed by atoms with Crippen molar-refractivity contribution >= 4 is 28.5 Å². The van der Waals surface area contributed by atoms with Crippen LogP contribution in [0.3, 0.4) is 0 Å². The first kappa shape index (κ1) is 25.9. The molecule has 0 aliphatic carbocycles. The van der Waals surface area contributed by atoms with Gasteiger partial charge in [-0.2, -0.15) is 0 Å². The van der Waals surface area contributed by atoms with Crippen molar-refractivity contribution in [2.45, 2.75) is 31.8 Å². The molecule has 1 unspecified atom stereocenters. The minimum absolute atomic E-state index is 0.257. The molecular formula is C28H28ClFN2O4. The molecule has 8 heteroatoms. The van der Waals surface area contributed by atoms with Crippen molar-refractivity contribution in [2.75, 3.05) is 26.7 Å². The molecule has 1 saturated heterocycles. The number of rotatable bonds is 7. The van der Waals surface area contributed by atoms with Crippen molar-refractivity contribution in [3.05, 3.63) is 70.6 Å². The zero-order valence-corrected chi connectivity index (χ0v) is 20.8. The molecule has 1 atom stereocenters. The van der Waals surface area contributed by atoms with Crippen molar-refractivity contribution in [1.82, 2.24) is 9.88 Å². The van der Waals surface area contributed by atoms with Crippen molar-refractivity contribution in [3.63, 3.8) is 0 Å². The number of aromatic nitrogens is 1. The molecule has 36 heavy (non-hydrogen) atoms. The number of benzene rings is 2. The molecule has 188 valence electrons. The van der Waals surface area contributed by atoms with E-state index in [0.717, 1.165) is 5.56 Å². The van der Waals surface area contributed by atoms with E-state index in [9.17, 15) is 19.4 Å². The van der Waals surface area contributed by atoms with Crippen LogP contribution in [0.15, 0.2) is 48.7 Å². The SMILES string of the molecule is COc1ccc2ncc(Cl)c(C(O)CCC3(C(=O)O)CCN(CC#Cc4ccc(F)cc4)CC3)c2c1. The number of aliphatic carboxylic acids is 1. The number of carboxylic acids is 1. The normalized spacial score (nSPS) is 16.2. The third-order valence-electron chi connectivity index (χ3n) is 6.94. The Morgan fingerprint density at radius 3 is 2.64 bits per heavy atom. The second kappa shape index (κ2) is 11.3. The molecule has 6 nitrogen and oxygen atoms in total. The Morgan fingerprint density at radius 1 is 1.25 bits per heavy atom. The standard InChI is InChI=1S/C28H28ClFN2O4/c1-36-21-8-9-24-22(17-21)26(23(29)18-31-24)25(33)10-11-28(27(34)35)12-15-32(16-13-28)14-2-3-19-4-6-20(30)7-5-19/h4-9,17-18,25,33H,10-16H2,1H3,(H,34,35). The lowest BCUT2D eigenvalue weighted by atomic mass is 9.74. The highest BCUT2D eigenvalue weighted by molar-refractivity contribution is 6.32. The monoisotopic (exact) mass is 510 g/mol. The lowest BCUT2D eigenvalue weighted by Gasteiger charge is -2.38. The fraction of sp³-hybridized carbons (Fsp3) is 0.357. The lowest BCUT2D eigenvalue weighted by molar-refractivity contribution is -0.153. The van der Waals surface area contributed by atoms with Gasteiger partial charge in [0.15, 0.2) is 0 Å². The van der Waals surface area contributed by atoms with Crippen LogP contribution in [0.5, 0.6) is 5.75 Å². The van der Waals surface area contributed by atoms with Crippen molar-refractivity contribution in [1.29, 1.82) is 0 Å². The third-order valence-corrected chi connectivity index (χ3v) is 7.25. The van der Waals surface area contributed by atoms with E-state index >= 15 is 0 Å². The summed E-state index contributed by atoms with van der Waals surface area (Å²) in [7, 11) is 1.56. The lowest BCUT2D eigenvalue weighted by Crippen LogP contribution is -2.44. The number of carbonyl (C=O) groups is 1. The maximum absolute atomic E-state index is 13.0. The van der Waals surface area contributed by atoms with Crippen molar-refractivity contribution in [3.8, 4) is 17.6 Å². The van der Waals surface area contributed by atoms with Crippen LogP contribution in [0.1, 0.15) is 42.9 Å². The molecule has 0 saturated carbocycles. The molecule has 1 fully saturated rings. The maximum Gasteiger partial charge on any atom is 0.309 e. The smallest absolute Gasteiger partial charge is 0.309 e. The molecule has 0 amide bonds. The van der Waals surface area contributed by atoms with Gasteiger partial charge in [-0.15, -0.1) is 0 Å². The average Bonchev–Trinajstić information content (AvgIpc) is 2.88. The van der Waals surface area contributed by atoms with Gasteiger partial charge < -0.3 is 14.9 Å². The molecule has 0 bridgehead atoms. The third kappa shape index (κ3) is 5.79. The molecule has 1 aliphatic heterocycles. The number of fused-ring (bicyclic) bond motifs is 1. The summed E-state index contributed by atoms with van der Waals surface area (Å²) in [4.78, 5) is 18.7. The molecule has 3 aromatic rings. The fourth-order valence-corrected chi connectivity index (χ4v) is 4.96. The number of likely N-dealkylation sites (tertiary alicyclic amines) is 1. The minimum Gasteiger partial charge on any atom is -0.497 e. The number of hydrogen-bond donors (Lipinski definition) is 2. The number of piperidine rings is 1. The molecule has 2 aromatic carbocycles. The summed E-state index contributed by atoms with van der Waals surface area (Å²) in [5.41, 5.74) is 1.03. The summed E-state index contributed by atoms with van der Waals surface area (Å²) in [6, 6.07) is 11.4. The zero-order chi connectivity index (χ0) is 25.7. The van der Waals surface area contributed by atoms with Crippen LogP contribution in [0.4, 0.5) is 4.39 Å². The zero-order valence-electron chi connectivity index (χ0n) is 20.0. The van der Waals surface area contributed by atoms with Crippen LogP contribution >= 0.6 is 11.6 Å². The number of nitrogens with zero attached hydrogens (tertiary/aromatic N) is 2. The van der Waals surface area contributed by atoms with Gasteiger partial charge in [-0.25, -0.2) is 4.39 Å². The van der Waals surface area contributed by atoms with E-state index in [0.29, 0.717) is 66.1 Å². The van der Waals surface area contributed by atoms with Gasteiger partial charge in [0.2, 0.25) is 0 Å². The summed E-state index contributed by atoms with van der Waals surface area (Å²) in [5, 5.41) is 22.2. The summed E-state index contributed by atoms with van der Waals surface area (Å²) in [5.74, 6) is 5.58. The van der Waals surface area contributed by atoms with Crippen LogP contribution < -0.4 is 4.74 Å². The Morgan fingerprint density at radius 2 is 1.97 bits per heavy atom. The summed E-state index contributed by atoms with van der Waals surface area (Å²) in [6.45, 7) is 1.70. The number of halogens is 2. The van der Waals surface area contributed by atoms with Gasteiger partial charge in [-0.1, -0.05) is 23.4 Å². The Bertz CT molecular complexity index is 1290. The van der Waals surface area contributed by atoms with Crippen LogP contribution in [-0.2, 0) is 4.79 Å². The molecule has 2 N–H and O–H groups in total. The quantitative estimate of drug-likeness (QED) is 0.432. The van der Waals surface area contributed by atoms with Gasteiger partial charge in [-0.05, 0) is 68.1 Å². The molecule has 4 rings (SSSR count). The maximum atomic E-state index is 13.0. The summed E-state index contributed by atoms with van der Waals surface area (Å²) in [6.07, 6.45) is 2.08. The number of ether oxygens (including phenoxy) is 1. The van der Waals surface area contributed by atoms with E-state index in [1.807, 2.05) is 0 Å². The molecule has 0 spiro atoms. The van der Waals surface area contributed by atoms with E-state index in [2.05, 4.69) is 21.7 Å². The first-order chi connectivity index (χ1) is 17.3. The summed E-state index contributed by atoms with van der Waals surface area (Å²) < 4.78 is 18.3. The molecular weight excluding hydrogens is 483 g/mol. The minimum atomic E-state index is -0.939. The summed E-state index contributed by atoms with van der Waals surface area (Å²) >= 11 is 6.41.